The first kappa shape index (κ1) is 20.1. The van der Waals surface area contributed by atoms with Gasteiger partial charge in [-0.1, -0.05) is 23.1 Å². The molecule has 1 heterocycles. The van der Waals surface area contributed by atoms with E-state index in [9.17, 15) is 18.0 Å². The highest BCUT2D eigenvalue weighted by Crippen LogP contribution is 2.26. The smallest absolute Gasteiger partial charge is 0.316 e. The molecule has 1 aromatic heterocycles. The number of aryl methyl sites for hydroxylation is 1. The number of ether oxygens (including phenoxy) is 1. The maximum atomic E-state index is 12.3. The predicted molar refractivity (Wildman–Crippen MR) is 100 cm³/mol. The summed E-state index contributed by atoms with van der Waals surface area (Å²) in [4.78, 5) is 23.4. The molecule has 2 aromatic rings. The number of sulfonamides is 1. The highest BCUT2D eigenvalue weighted by molar-refractivity contribution is 8.01. The fourth-order valence-corrected chi connectivity index (χ4v) is 3.99. The third kappa shape index (κ3) is 5.97. The zero-order valence-corrected chi connectivity index (χ0v) is 16.5. The van der Waals surface area contributed by atoms with Crippen LogP contribution in [0.1, 0.15) is 15.9 Å². The van der Waals surface area contributed by atoms with Crippen molar-refractivity contribution in [3.8, 4) is 0 Å². The van der Waals surface area contributed by atoms with Crippen LogP contribution in [0.4, 0.5) is 10.8 Å². The summed E-state index contributed by atoms with van der Waals surface area (Å²) < 4.78 is 30.0. The molecular weight excluding hydrogens is 400 g/mol. The number of esters is 1. The first-order valence-electron chi connectivity index (χ1n) is 7.11. The number of benzene rings is 1. The number of nitrogens with one attached hydrogen (secondary N) is 2. The lowest BCUT2D eigenvalue weighted by molar-refractivity contribution is -0.137. The maximum Gasteiger partial charge on any atom is 0.316 e. The van der Waals surface area contributed by atoms with Gasteiger partial charge in [0.15, 0.2) is 4.34 Å². The van der Waals surface area contributed by atoms with E-state index < -0.39 is 15.9 Å². The minimum Gasteiger partial charge on any atom is -0.468 e. The lowest BCUT2D eigenvalue weighted by Gasteiger charge is -2.09. The number of amides is 1. The molecule has 0 unspecified atom stereocenters. The molecule has 0 bridgehead atoms. The predicted octanol–water partition coefficient (Wildman–Crippen LogP) is 1.74. The van der Waals surface area contributed by atoms with Crippen LogP contribution in [0.2, 0.25) is 0 Å². The summed E-state index contributed by atoms with van der Waals surface area (Å²) in [6.07, 6.45) is 1.05. The molecule has 2 rings (SSSR count). The van der Waals surface area contributed by atoms with Crippen molar-refractivity contribution >= 4 is 55.8 Å². The van der Waals surface area contributed by atoms with E-state index in [1.54, 1.807) is 13.0 Å². The van der Waals surface area contributed by atoms with Gasteiger partial charge in [-0.15, -0.1) is 10.2 Å². The first-order chi connectivity index (χ1) is 12.2. The molecule has 140 valence electrons. The zero-order chi connectivity index (χ0) is 19.3. The van der Waals surface area contributed by atoms with Crippen molar-refractivity contribution in [3.05, 3.63) is 29.3 Å². The van der Waals surface area contributed by atoms with Crippen LogP contribution in [0, 0.1) is 6.92 Å². The molecule has 9 nitrogen and oxygen atoms in total. The molecule has 12 heteroatoms. The highest BCUT2D eigenvalue weighted by Gasteiger charge is 2.13. The number of thioether (sulfide) groups is 1. The van der Waals surface area contributed by atoms with E-state index >= 15 is 0 Å². The van der Waals surface area contributed by atoms with Gasteiger partial charge in [-0.25, -0.2) is 8.42 Å². The largest absolute Gasteiger partial charge is 0.468 e. The summed E-state index contributed by atoms with van der Waals surface area (Å²) in [5, 5.41) is 10.6. The molecule has 0 saturated carbocycles. The van der Waals surface area contributed by atoms with Crippen LogP contribution >= 0.6 is 23.1 Å². The van der Waals surface area contributed by atoms with Crippen molar-refractivity contribution in [1.29, 1.82) is 0 Å². The van der Waals surface area contributed by atoms with E-state index in [-0.39, 0.29) is 11.7 Å². The van der Waals surface area contributed by atoms with E-state index in [1.807, 2.05) is 0 Å². The molecule has 1 aromatic carbocycles. The summed E-state index contributed by atoms with van der Waals surface area (Å²) >= 11 is 2.29. The Morgan fingerprint density at radius 2 is 2.04 bits per heavy atom. The maximum absolute atomic E-state index is 12.3. The number of aromatic nitrogens is 2. The molecule has 2 N–H and O–H groups in total. The molecule has 0 fully saturated rings. The highest BCUT2D eigenvalue weighted by atomic mass is 32.2. The van der Waals surface area contributed by atoms with Gasteiger partial charge in [0.1, 0.15) is 0 Å². The minimum atomic E-state index is -3.39. The second-order valence-corrected chi connectivity index (χ2v) is 9.04. The van der Waals surface area contributed by atoms with Gasteiger partial charge in [-0.05, 0) is 30.7 Å². The van der Waals surface area contributed by atoms with Crippen LogP contribution in [0.5, 0.6) is 0 Å². The Hall–Kier alpha value is -2.18. The van der Waals surface area contributed by atoms with Crippen molar-refractivity contribution < 1.29 is 22.7 Å². The third-order valence-corrected chi connectivity index (χ3v) is 5.49. The SMILES string of the molecule is COC(=O)CSc1nnc(NC(=O)c2ccc(NS(C)(=O)=O)c(C)c2)s1. The Morgan fingerprint density at radius 3 is 2.65 bits per heavy atom. The molecule has 0 aliphatic rings. The van der Waals surface area contributed by atoms with Gasteiger partial charge in [-0.3, -0.25) is 19.6 Å². The molecule has 0 saturated heterocycles. The number of rotatable bonds is 7. The van der Waals surface area contributed by atoms with Crippen molar-refractivity contribution in [2.75, 3.05) is 29.2 Å². The van der Waals surface area contributed by atoms with Gasteiger partial charge >= 0.3 is 5.97 Å². The van der Waals surface area contributed by atoms with Crippen LogP contribution in [-0.2, 0) is 19.6 Å². The molecule has 0 spiro atoms. The topological polar surface area (TPSA) is 127 Å². The van der Waals surface area contributed by atoms with E-state index in [1.165, 1.54) is 19.2 Å². The number of hydrogen-bond donors (Lipinski definition) is 2. The van der Waals surface area contributed by atoms with Crippen LogP contribution < -0.4 is 10.0 Å². The number of hydrogen-bond acceptors (Lipinski definition) is 9. The van der Waals surface area contributed by atoms with Gasteiger partial charge < -0.3 is 4.74 Å². The second-order valence-electron chi connectivity index (χ2n) is 5.10. The minimum absolute atomic E-state index is 0.104. The Kier molecular flexibility index (Phi) is 6.56. The van der Waals surface area contributed by atoms with Gasteiger partial charge in [0.25, 0.3) is 5.91 Å². The number of carbonyl (C=O) groups is 2. The summed E-state index contributed by atoms with van der Waals surface area (Å²) in [5.41, 5.74) is 1.36. The average molecular weight is 417 g/mol. The molecule has 26 heavy (non-hydrogen) atoms. The molecule has 0 radical (unpaired) electrons. The van der Waals surface area contributed by atoms with Gasteiger partial charge in [0.2, 0.25) is 15.2 Å². The van der Waals surface area contributed by atoms with Gasteiger partial charge in [-0.2, -0.15) is 0 Å². The Balaban J connectivity index is 2.03. The van der Waals surface area contributed by atoms with Crippen LogP contribution in [0.3, 0.4) is 0 Å². The number of anilines is 2. The molecular formula is C14H16N4O5S3. The third-order valence-electron chi connectivity index (χ3n) is 2.95. The normalized spacial score (nSPS) is 11.0. The van der Waals surface area contributed by atoms with E-state index in [0.717, 1.165) is 29.4 Å². The molecule has 0 aliphatic heterocycles. The van der Waals surface area contributed by atoms with Crippen LogP contribution in [-0.4, -0.2) is 49.6 Å². The summed E-state index contributed by atoms with van der Waals surface area (Å²) in [6.45, 7) is 1.69. The van der Waals surface area contributed by atoms with Crippen LogP contribution in [0.15, 0.2) is 22.5 Å². The zero-order valence-electron chi connectivity index (χ0n) is 14.1. The number of methoxy groups -OCH3 is 1. The summed E-state index contributed by atoms with van der Waals surface area (Å²) in [5.74, 6) is -0.679. The average Bonchev–Trinajstić information content (AvgIpc) is 3.00. The number of carbonyl (C=O) groups excluding carboxylic acids is 2. The van der Waals surface area contributed by atoms with Crippen molar-refractivity contribution in [1.82, 2.24) is 10.2 Å². The quantitative estimate of drug-likeness (QED) is 0.397. The molecule has 0 atom stereocenters. The Labute approximate surface area is 158 Å². The summed E-state index contributed by atoms with van der Waals surface area (Å²) in [7, 11) is -2.10. The summed E-state index contributed by atoms with van der Waals surface area (Å²) in [6, 6.07) is 4.59. The first-order valence-corrected chi connectivity index (χ1v) is 10.8. The van der Waals surface area contributed by atoms with E-state index in [0.29, 0.717) is 26.3 Å². The van der Waals surface area contributed by atoms with Crippen molar-refractivity contribution in [3.63, 3.8) is 0 Å². The lowest BCUT2D eigenvalue weighted by atomic mass is 10.1. The van der Waals surface area contributed by atoms with Crippen LogP contribution in [0.25, 0.3) is 0 Å². The van der Waals surface area contributed by atoms with E-state index in [4.69, 9.17) is 0 Å². The monoisotopic (exact) mass is 416 g/mol. The standard InChI is InChI=1S/C14H16N4O5S3/c1-8-6-9(4-5-10(8)18-26(3,21)22)12(20)15-13-16-17-14(25-13)24-7-11(19)23-2/h4-6,18H,7H2,1-3H3,(H,15,16,20). The van der Waals surface area contributed by atoms with E-state index in [2.05, 4.69) is 25.0 Å². The fraction of sp³-hybridized carbons (Fsp3) is 0.286. The Bertz CT molecular complexity index is 926. The molecule has 0 aliphatic carbocycles. The Morgan fingerprint density at radius 1 is 1.31 bits per heavy atom. The van der Waals surface area contributed by atoms with Gasteiger partial charge in [0, 0.05) is 5.56 Å². The second kappa shape index (κ2) is 8.47. The number of nitrogens with zero attached hydrogens (tertiary/aromatic N) is 2. The molecule has 1 amide bonds. The lowest BCUT2D eigenvalue weighted by Crippen LogP contribution is -2.14. The van der Waals surface area contributed by atoms with Crippen molar-refractivity contribution in [2.24, 2.45) is 0 Å². The fourth-order valence-electron chi connectivity index (χ4n) is 1.79. The van der Waals surface area contributed by atoms with Crippen molar-refractivity contribution in [2.45, 2.75) is 11.3 Å². The van der Waals surface area contributed by atoms with Gasteiger partial charge in [0.05, 0.1) is 24.8 Å².